The number of rotatable bonds is 29. The van der Waals surface area contributed by atoms with Crippen LogP contribution in [-0.4, -0.2) is 124 Å². The number of carboxylic acid groups (broad SMARTS) is 2. The minimum atomic E-state index is -1.29. The lowest BCUT2D eigenvalue weighted by Crippen LogP contribution is -2.42. The Hall–Kier alpha value is -4.32. The minimum Gasteiger partial charge on any atom is -0.481 e. The van der Waals surface area contributed by atoms with E-state index in [0.29, 0.717) is 19.4 Å². The van der Waals surface area contributed by atoms with Gasteiger partial charge in [0.05, 0.1) is 39.6 Å². The van der Waals surface area contributed by atoms with E-state index in [0.717, 1.165) is 12.0 Å². The van der Waals surface area contributed by atoms with Crippen LogP contribution in [0.15, 0.2) is 30.3 Å². The lowest BCUT2D eigenvalue weighted by atomic mass is 10.1. The maximum Gasteiger partial charge on any atom is 0.408 e. The van der Waals surface area contributed by atoms with Crippen molar-refractivity contribution in [2.45, 2.75) is 51.2 Å². The summed E-state index contributed by atoms with van der Waals surface area (Å²) < 4.78 is 26.1. The molecule has 17 nitrogen and oxygen atoms in total. The van der Waals surface area contributed by atoms with Crippen LogP contribution in [0.2, 0.25) is 0 Å². The fourth-order valence-corrected chi connectivity index (χ4v) is 3.73. The third-order valence-electron chi connectivity index (χ3n) is 6.20. The Labute approximate surface area is 279 Å². The Morgan fingerprint density at radius 3 is 1.77 bits per heavy atom. The number of amides is 4. The summed E-state index contributed by atoms with van der Waals surface area (Å²) in [6.07, 6.45) is 0.976. The smallest absolute Gasteiger partial charge is 0.408 e. The summed E-state index contributed by atoms with van der Waals surface area (Å²) >= 11 is 0. The largest absolute Gasteiger partial charge is 0.481 e. The topological polar surface area (TPSA) is 237 Å². The molecule has 0 spiro atoms. The average molecular weight is 685 g/mol. The molecule has 270 valence electrons. The molecule has 0 aliphatic heterocycles. The second-order valence-corrected chi connectivity index (χ2v) is 10.2. The Morgan fingerprint density at radius 2 is 1.19 bits per heavy atom. The Kier molecular flexibility index (Phi) is 24.1. The van der Waals surface area contributed by atoms with E-state index in [2.05, 4.69) is 21.3 Å². The van der Waals surface area contributed by atoms with E-state index in [1.165, 1.54) is 0 Å². The van der Waals surface area contributed by atoms with E-state index in [9.17, 15) is 33.9 Å². The molecule has 0 bridgehead atoms. The van der Waals surface area contributed by atoms with Crippen molar-refractivity contribution in [2.24, 2.45) is 0 Å². The van der Waals surface area contributed by atoms with Crippen LogP contribution in [0.4, 0.5) is 4.79 Å². The molecular weight excluding hydrogens is 636 g/mol. The predicted molar refractivity (Wildman–Crippen MR) is 169 cm³/mol. The van der Waals surface area contributed by atoms with Gasteiger partial charge in [0, 0.05) is 32.5 Å². The van der Waals surface area contributed by atoms with Crippen LogP contribution in [-0.2, 0) is 54.3 Å². The molecule has 0 saturated carbocycles. The number of hydrogen-bond donors (Lipinski definition) is 6. The molecule has 1 aromatic carbocycles. The highest BCUT2D eigenvalue weighted by molar-refractivity contribution is 5.81. The molecule has 1 unspecified atom stereocenters. The van der Waals surface area contributed by atoms with E-state index in [4.69, 9.17) is 28.8 Å². The van der Waals surface area contributed by atoms with Crippen molar-refractivity contribution in [1.29, 1.82) is 0 Å². The van der Waals surface area contributed by atoms with Crippen LogP contribution < -0.4 is 21.3 Å². The summed E-state index contributed by atoms with van der Waals surface area (Å²) in [4.78, 5) is 69.3. The zero-order valence-corrected chi connectivity index (χ0v) is 27.1. The normalized spacial score (nSPS) is 11.2. The number of nitrogens with one attached hydrogen (secondary N) is 4. The summed E-state index contributed by atoms with van der Waals surface area (Å²) in [5, 5.41) is 28.0. The maximum atomic E-state index is 12.0. The number of unbranched alkanes of at least 4 members (excludes halogenated alkanes) is 2. The number of ether oxygens (including phenoxy) is 5. The summed E-state index contributed by atoms with van der Waals surface area (Å²) in [5.41, 5.74) is 0.749. The quantitative estimate of drug-likeness (QED) is 0.0620. The van der Waals surface area contributed by atoms with Crippen LogP contribution in [0.1, 0.15) is 44.1 Å². The monoisotopic (exact) mass is 684 g/mol. The van der Waals surface area contributed by atoms with Crippen LogP contribution in [0.5, 0.6) is 0 Å². The molecule has 1 rings (SSSR count). The van der Waals surface area contributed by atoms with E-state index in [1.54, 1.807) is 24.3 Å². The van der Waals surface area contributed by atoms with Crippen LogP contribution in [0.3, 0.4) is 0 Å². The van der Waals surface area contributed by atoms with Gasteiger partial charge in [-0.25, -0.2) is 9.59 Å². The highest BCUT2D eigenvalue weighted by Crippen LogP contribution is 2.03. The van der Waals surface area contributed by atoms with Crippen molar-refractivity contribution >= 4 is 35.8 Å². The Balaban J connectivity index is 1.92. The molecule has 0 radical (unpaired) electrons. The van der Waals surface area contributed by atoms with Gasteiger partial charge in [0.15, 0.2) is 0 Å². The zero-order valence-electron chi connectivity index (χ0n) is 27.1. The lowest BCUT2D eigenvalue weighted by molar-refractivity contribution is -0.140. The molecule has 1 aromatic rings. The van der Waals surface area contributed by atoms with E-state index < -0.39 is 30.0 Å². The van der Waals surface area contributed by atoms with E-state index >= 15 is 0 Å². The van der Waals surface area contributed by atoms with Gasteiger partial charge < -0.3 is 55.2 Å². The van der Waals surface area contributed by atoms with Crippen molar-refractivity contribution < 1.29 is 62.7 Å². The van der Waals surface area contributed by atoms with E-state index in [-0.39, 0.29) is 104 Å². The molecular formula is C31H48N4O13. The number of carboxylic acids is 2. The maximum absolute atomic E-state index is 12.0. The van der Waals surface area contributed by atoms with Crippen LogP contribution in [0.25, 0.3) is 0 Å². The Bertz CT molecular complexity index is 1090. The first-order chi connectivity index (χ1) is 23.2. The first-order valence-corrected chi connectivity index (χ1v) is 15.7. The average Bonchev–Trinajstić information content (AvgIpc) is 3.06. The van der Waals surface area contributed by atoms with Gasteiger partial charge in [-0.15, -0.1) is 0 Å². The van der Waals surface area contributed by atoms with Crippen LogP contribution >= 0.6 is 0 Å². The van der Waals surface area contributed by atoms with Crippen molar-refractivity contribution in [3.8, 4) is 0 Å². The zero-order chi connectivity index (χ0) is 35.2. The molecule has 48 heavy (non-hydrogen) atoms. The van der Waals surface area contributed by atoms with Gasteiger partial charge in [0.25, 0.3) is 0 Å². The first kappa shape index (κ1) is 41.7. The van der Waals surface area contributed by atoms with Gasteiger partial charge in [0.1, 0.15) is 25.9 Å². The Morgan fingerprint density at radius 1 is 0.625 bits per heavy atom. The van der Waals surface area contributed by atoms with Gasteiger partial charge in [0.2, 0.25) is 17.7 Å². The second-order valence-electron chi connectivity index (χ2n) is 10.2. The molecule has 0 aromatic heterocycles. The molecule has 4 amide bonds. The fraction of sp³-hybridized carbons (Fsp3) is 0.613. The molecule has 1 atom stereocenters. The second kappa shape index (κ2) is 27.8. The highest BCUT2D eigenvalue weighted by Gasteiger charge is 2.21. The molecule has 0 heterocycles. The van der Waals surface area contributed by atoms with Gasteiger partial charge >= 0.3 is 18.0 Å². The van der Waals surface area contributed by atoms with Crippen molar-refractivity contribution in [3.63, 3.8) is 0 Å². The third kappa shape index (κ3) is 24.9. The SMILES string of the molecule is O=C(O)CCCCCNC(=O)COCCOCCNC(=O)COCCOCCNC(=O)CCC(NC(=O)OCc1ccccc1)C(=O)O. The third-order valence-corrected chi connectivity index (χ3v) is 6.20. The van der Waals surface area contributed by atoms with Gasteiger partial charge in [-0.1, -0.05) is 36.8 Å². The van der Waals surface area contributed by atoms with Crippen molar-refractivity contribution in [3.05, 3.63) is 35.9 Å². The lowest BCUT2D eigenvalue weighted by Gasteiger charge is -2.14. The van der Waals surface area contributed by atoms with Crippen LogP contribution in [0, 0.1) is 0 Å². The molecule has 0 aliphatic rings. The number of aliphatic carboxylic acids is 2. The molecule has 17 heteroatoms. The van der Waals surface area contributed by atoms with Gasteiger partial charge in [-0.3, -0.25) is 19.2 Å². The molecule has 0 aliphatic carbocycles. The van der Waals surface area contributed by atoms with Gasteiger partial charge in [-0.2, -0.15) is 0 Å². The summed E-state index contributed by atoms with van der Waals surface area (Å²) in [5.74, 6) is -3.11. The number of carbonyl (C=O) groups is 6. The highest BCUT2D eigenvalue weighted by atomic mass is 16.6. The number of alkyl carbamates (subject to hydrolysis) is 1. The number of carbonyl (C=O) groups excluding carboxylic acids is 4. The predicted octanol–water partition coefficient (Wildman–Crippen LogP) is 0.206. The standard InChI is InChI=1S/C31H48N4O13/c36-26(11-10-25(30(41)42)35-31(43)48-21-24-7-3-1-4-8-24)33-13-15-44-17-20-47-23-28(38)34-14-16-45-18-19-46-22-27(37)32-12-6-2-5-9-29(39)40/h1,3-4,7-8,25H,2,5-6,9-23H2,(H,32,37)(H,33,36)(H,34,38)(H,35,43)(H,39,40)(H,41,42). The first-order valence-electron chi connectivity index (χ1n) is 15.7. The minimum absolute atomic E-state index is 0.0143. The van der Waals surface area contributed by atoms with Gasteiger partial charge in [-0.05, 0) is 24.8 Å². The summed E-state index contributed by atoms with van der Waals surface area (Å²) in [7, 11) is 0. The molecule has 0 saturated heterocycles. The summed E-state index contributed by atoms with van der Waals surface area (Å²) in [6, 6.07) is 7.62. The number of hydrogen-bond acceptors (Lipinski definition) is 11. The van der Waals surface area contributed by atoms with E-state index in [1.807, 2.05) is 6.07 Å². The fourth-order valence-electron chi connectivity index (χ4n) is 3.73. The van der Waals surface area contributed by atoms with Crippen molar-refractivity contribution in [1.82, 2.24) is 21.3 Å². The summed E-state index contributed by atoms with van der Waals surface area (Å²) in [6.45, 7) is 1.85. The molecule has 0 fully saturated rings. The number of benzene rings is 1. The van der Waals surface area contributed by atoms with Crippen molar-refractivity contribution in [2.75, 3.05) is 72.5 Å². The molecule has 6 N–H and O–H groups in total.